The average molecular weight is 349 g/mol. The molecule has 0 atom stereocenters. The number of non-ortho nitro benzene ring substituents is 1. The first kappa shape index (κ1) is 15.6. The van der Waals surface area contributed by atoms with Crippen molar-refractivity contribution in [1.82, 2.24) is 4.98 Å². The van der Waals surface area contributed by atoms with E-state index in [0.717, 1.165) is 0 Å². The third kappa shape index (κ3) is 3.47. The zero-order valence-corrected chi connectivity index (χ0v) is 12.8. The lowest BCUT2D eigenvalue weighted by Gasteiger charge is -2.10. The van der Waals surface area contributed by atoms with E-state index in [9.17, 15) is 10.1 Å². The lowest BCUT2D eigenvalue weighted by atomic mass is 10.3. The van der Waals surface area contributed by atoms with Crippen LogP contribution in [-0.4, -0.2) is 17.0 Å². The van der Waals surface area contributed by atoms with Gasteiger partial charge < -0.3 is 10.1 Å². The fourth-order valence-electron chi connectivity index (χ4n) is 1.48. The Morgan fingerprint density at radius 2 is 1.90 bits per heavy atom. The summed E-state index contributed by atoms with van der Waals surface area (Å²) in [4.78, 5) is 14.3. The van der Waals surface area contributed by atoms with Crippen LogP contribution in [0, 0.1) is 10.1 Å². The minimum absolute atomic E-state index is 0.0350. The third-order valence-electron chi connectivity index (χ3n) is 2.47. The third-order valence-corrected chi connectivity index (χ3v) is 3.34. The highest BCUT2D eigenvalue weighted by Gasteiger charge is 2.15. The molecule has 0 amide bonds. The van der Waals surface area contributed by atoms with Crippen LogP contribution in [0.25, 0.3) is 0 Å². The number of anilines is 1. The van der Waals surface area contributed by atoms with Crippen molar-refractivity contribution in [3.05, 3.63) is 49.4 Å². The van der Waals surface area contributed by atoms with Crippen molar-refractivity contribution < 1.29 is 9.66 Å². The minimum Gasteiger partial charge on any atom is -0.436 e. The Bertz CT molecular complexity index is 710. The zero-order valence-electron chi connectivity index (χ0n) is 10.6. The van der Waals surface area contributed by atoms with Crippen LogP contribution < -0.4 is 10.1 Å². The Balaban J connectivity index is 2.42. The van der Waals surface area contributed by atoms with Gasteiger partial charge in [0.1, 0.15) is 10.8 Å². The van der Waals surface area contributed by atoms with E-state index < -0.39 is 4.92 Å². The molecule has 0 aliphatic heterocycles. The zero-order chi connectivity index (χ0) is 15.6. The smallest absolute Gasteiger partial charge is 0.273 e. The highest BCUT2D eigenvalue weighted by molar-refractivity contribution is 6.36. The summed E-state index contributed by atoms with van der Waals surface area (Å²) in [7, 11) is 1.63. The van der Waals surface area contributed by atoms with Gasteiger partial charge in [-0.25, -0.2) is 0 Å². The summed E-state index contributed by atoms with van der Waals surface area (Å²) in [5.41, 5.74) is -0.159. The first-order chi connectivity index (χ1) is 9.92. The molecule has 0 aliphatic carbocycles. The molecule has 1 aromatic heterocycles. The molecular weight excluding hydrogens is 341 g/mol. The van der Waals surface area contributed by atoms with Gasteiger partial charge in [0.15, 0.2) is 5.75 Å². The van der Waals surface area contributed by atoms with Crippen LogP contribution in [0.3, 0.4) is 0 Å². The molecule has 0 saturated carbocycles. The van der Waals surface area contributed by atoms with Gasteiger partial charge in [0.25, 0.3) is 5.69 Å². The maximum Gasteiger partial charge on any atom is 0.273 e. The van der Waals surface area contributed by atoms with Crippen LogP contribution >= 0.6 is 34.8 Å². The molecule has 0 spiro atoms. The van der Waals surface area contributed by atoms with E-state index in [4.69, 9.17) is 39.5 Å². The van der Waals surface area contributed by atoms with Crippen LogP contribution in [0.4, 0.5) is 11.5 Å². The predicted molar refractivity (Wildman–Crippen MR) is 82.0 cm³/mol. The van der Waals surface area contributed by atoms with Crippen LogP contribution in [0.5, 0.6) is 11.6 Å². The summed E-state index contributed by atoms with van der Waals surface area (Å²) < 4.78 is 5.45. The van der Waals surface area contributed by atoms with Crippen LogP contribution in [0.2, 0.25) is 15.1 Å². The molecule has 6 nitrogen and oxygen atoms in total. The molecule has 0 saturated heterocycles. The molecule has 0 unspecified atom stereocenters. The number of aromatic nitrogens is 1. The highest BCUT2D eigenvalue weighted by Crippen LogP contribution is 2.37. The molecule has 21 heavy (non-hydrogen) atoms. The van der Waals surface area contributed by atoms with Crippen LogP contribution in [0.1, 0.15) is 0 Å². The number of pyridine rings is 1. The SMILES string of the molecule is CNc1nc(Oc2cc([N+](=O)[O-])ccc2Cl)c(Cl)cc1Cl. The summed E-state index contributed by atoms with van der Waals surface area (Å²) >= 11 is 17.9. The Labute approximate surface area is 134 Å². The average Bonchev–Trinajstić information content (AvgIpc) is 2.43. The number of hydrogen-bond donors (Lipinski definition) is 1. The van der Waals surface area contributed by atoms with Gasteiger partial charge in [0, 0.05) is 13.1 Å². The second-order valence-corrected chi connectivity index (χ2v) is 5.05. The largest absolute Gasteiger partial charge is 0.436 e. The number of benzene rings is 1. The Morgan fingerprint density at radius 3 is 2.52 bits per heavy atom. The number of nitrogens with one attached hydrogen (secondary N) is 1. The van der Waals surface area contributed by atoms with Gasteiger partial charge in [-0.15, -0.1) is 0 Å². The molecule has 9 heteroatoms. The van der Waals surface area contributed by atoms with Gasteiger partial charge in [-0.3, -0.25) is 10.1 Å². The van der Waals surface area contributed by atoms with E-state index in [1.165, 1.54) is 24.3 Å². The van der Waals surface area contributed by atoms with Gasteiger partial charge in [-0.1, -0.05) is 34.8 Å². The van der Waals surface area contributed by atoms with E-state index in [1.54, 1.807) is 7.05 Å². The van der Waals surface area contributed by atoms with Gasteiger partial charge in [-0.2, -0.15) is 4.98 Å². The first-order valence-electron chi connectivity index (χ1n) is 5.58. The molecular formula is C12H8Cl3N3O3. The minimum atomic E-state index is -0.556. The molecule has 0 radical (unpaired) electrons. The molecule has 0 fully saturated rings. The van der Waals surface area contributed by atoms with Gasteiger partial charge in [0.05, 0.1) is 21.0 Å². The fourth-order valence-corrected chi connectivity index (χ4v) is 2.13. The molecule has 110 valence electrons. The molecule has 1 N–H and O–H groups in total. The Hall–Kier alpha value is -1.76. The predicted octanol–water partition coefficient (Wildman–Crippen LogP) is 4.78. The molecule has 2 aromatic rings. The topological polar surface area (TPSA) is 77.3 Å². The van der Waals surface area contributed by atoms with Gasteiger partial charge in [-0.05, 0) is 12.1 Å². The van der Waals surface area contributed by atoms with E-state index in [0.29, 0.717) is 10.8 Å². The summed E-state index contributed by atoms with van der Waals surface area (Å²) in [5.74, 6) is 0.468. The summed E-state index contributed by atoms with van der Waals surface area (Å²) in [5, 5.41) is 14.2. The van der Waals surface area contributed by atoms with Crippen LogP contribution in [-0.2, 0) is 0 Å². The van der Waals surface area contributed by atoms with Crippen molar-refractivity contribution in [2.75, 3.05) is 12.4 Å². The lowest BCUT2D eigenvalue weighted by Crippen LogP contribution is -1.97. The normalized spacial score (nSPS) is 10.3. The molecule has 0 aliphatic rings. The number of nitrogens with zero attached hydrogens (tertiary/aromatic N) is 2. The number of hydrogen-bond acceptors (Lipinski definition) is 5. The summed E-state index contributed by atoms with van der Waals surface area (Å²) in [6, 6.07) is 5.26. The van der Waals surface area contributed by atoms with Crippen molar-refractivity contribution >= 4 is 46.3 Å². The van der Waals surface area contributed by atoms with Crippen LogP contribution in [0.15, 0.2) is 24.3 Å². The molecule has 1 aromatic carbocycles. The van der Waals surface area contributed by atoms with Crippen molar-refractivity contribution in [2.45, 2.75) is 0 Å². The monoisotopic (exact) mass is 347 g/mol. The second-order valence-electron chi connectivity index (χ2n) is 3.83. The summed E-state index contributed by atoms with van der Waals surface area (Å²) in [6.07, 6.45) is 0. The van der Waals surface area contributed by atoms with Gasteiger partial charge in [0.2, 0.25) is 5.88 Å². The Morgan fingerprint density at radius 1 is 1.19 bits per heavy atom. The number of rotatable bonds is 4. The van der Waals surface area contributed by atoms with Crippen molar-refractivity contribution in [1.29, 1.82) is 0 Å². The van der Waals surface area contributed by atoms with E-state index >= 15 is 0 Å². The second kappa shape index (κ2) is 6.34. The van der Waals surface area contributed by atoms with Crippen molar-refractivity contribution in [2.24, 2.45) is 0 Å². The van der Waals surface area contributed by atoms with E-state index in [1.807, 2.05) is 0 Å². The maximum atomic E-state index is 10.8. The number of halogens is 3. The fraction of sp³-hybridized carbons (Fsp3) is 0.0833. The van der Waals surface area contributed by atoms with E-state index in [2.05, 4.69) is 10.3 Å². The standard InChI is InChI=1S/C12H8Cl3N3O3/c1-16-11-8(14)5-9(15)12(17-11)21-10-4-6(18(19)20)2-3-7(10)13/h2-5H,1H3,(H,16,17). The van der Waals surface area contributed by atoms with E-state index in [-0.39, 0.29) is 27.4 Å². The number of ether oxygens (including phenoxy) is 1. The van der Waals surface area contributed by atoms with Crippen molar-refractivity contribution in [3.63, 3.8) is 0 Å². The molecule has 1 heterocycles. The maximum absolute atomic E-state index is 10.8. The number of nitro groups is 1. The molecule has 2 rings (SSSR count). The van der Waals surface area contributed by atoms with Gasteiger partial charge >= 0.3 is 0 Å². The highest BCUT2D eigenvalue weighted by atomic mass is 35.5. The quantitative estimate of drug-likeness (QED) is 0.635. The first-order valence-corrected chi connectivity index (χ1v) is 6.71. The summed E-state index contributed by atoms with van der Waals surface area (Å²) in [6.45, 7) is 0. The molecule has 0 bridgehead atoms. The number of nitro benzene ring substituents is 1. The van der Waals surface area contributed by atoms with Crippen molar-refractivity contribution in [3.8, 4) is 11.6 Å². The Kier molecular flexibility index (Phi) is 4.72. The lowest BCUT2D eigenvalue weighted by molar-refractivity contribution is -0.384.